The maximum absolute atomic E-state index is 6.41. The van der Waals surface area contributed by atoms with Crippen molar-refractivity contribution < 1.29 is 0 Å². The highest BCUT2D eigenvalue weighted by atomic mass is 35.5. The van der Waals surface area contributed by atoms with Gasteiger partial charge < -0.3 is 0 Å². The summed E-state index contributed by atoms with van der Waals surface area (Å²) in [4.78, 5) is 0. The molecule has 88 valence electrons. The zero-order chi connectivity index (χ0) is 12.3. The highest BCUT2D eigenvalue weighted by molar-refractivity contribution is 6.31. The fourth-order valence-corrected chi connectivity index (χ4v) is 2.27. The molecule has 0 saturated carbocycles. The Hall–Kier alpha value is -0.980. The molecular formula is C15H14Cl2. The molecule has 0 aromatic heterocycles. The maximum atomic E-state index is 6.41. The van der Waals surface area contributed by atoms with Crippen molar-refractivity contribution in [2.24, 2.45) is 0 Å². The van der Waals surface area contributed by atoms with Gasteiger partial charge in [-0.05, 0) is 30.5 Å². The van der Waals surface area contributed by atoms with E-state index in [0.29, 0.717) is 0 Å². The van der Waals surface area contributed by atoms with Crippen molar-refractivity contribution in [3.8, 4) is 0 Å². The number of aryl methyl sites for hydroxylation is 1. The summed E-state index contributed by atoms with van der Waals surface area (Å²) >= 11 is 12.5. The Morgan fingerprint density at radius 2 is 1.65 bits per heavy atom. The first kappa shape index (κ1) is 12.5. The van der Waals surface area contributed by atoms with Crippen LogP contribution in [0.25, 0.3) is 0 Å². The normalized spacial score (nSPS) is 12.4. The second kappa shape index (κ2) is 5.57. The van der Waals surface area contributed by atoms with Crippen LogP contribution in [0, 0.1) is 6.92 Å². The number of rotatable bonds is 3. The molecule has 0 aliphatic heterocycles. The maximum Gasteiger partial charge on any atom is 0.0626 e. The van der Waals surface area contributed by atoms with Crippen LogP contribution in [-0.4, -0.2) is 0 Å². The first-order chi connectivity index (χ1) is 8.16. The number of hydrogen-bond acceptors (Lipinski definition) is 0. The molecule has 0 amide bonds. The number of benzene rings is 2. The van der Waals surface area contributed by atoms with Gasteiger partial charge in [-0.3, -0.25) is 0 Å². The Balaban J connectivity index is 2.14. The lowest BCUT2D eigenvalue weighted by atomic mass is 10.0. The molecule has 1 unspecified atom stereocenters. The van der Waals surface area contributed by atoms with Crippen molar-refractivity contribution >= 4 is 23.2 Å². The van der Waals surface area contributed by atoms with Crippen LogP contribution in [0.5, 0.6) is 0 Å². The van der Waals surface area contributed by atoms with Crippen LogP contribution in [0.15, 0.2) is 48.5 Å². The third kappa shape index (κ3) is 3.24. The van der Waals surface area contributed by atoms with Gasteiger partial charge in [-0.2, -0.15) is 0 Å². The molecule has 17 heavy (non-hydrogen) atoms. The molecular weight excluding hydrogens is 251 g/mol. The van der Waals surface area contributed by atoms with Crippen LogP contribution in [0.3, 0.4) is 0 Å². The third-order valence-electron chi connectivity index (χ3n) is 2.80. The van der Waals surface area contributed by atoms with Gasteiger partial charge in [0.2, 0.25) is 0 Å². The molecule has 0 saturated heterocycles. The average Bonchev–Trinajstić information content (AvgIpc) is 2.33. The van der Waals surface area contributed by atoms with Crippen LogP contribution >= 0.6 is 23.2 Å². The highest BCUT2D eigenvalue weighted by Crippen LogP contribution is 2.28. The van der Waals surface area contributed by atoms with E-state index in [1.165, 1.54) is 5.56 Å². The molecule has 0 radical (unpaired) electrons. The quantitative estimate of drug-likeness (QED) is 0.671. The van der Waals surface area contributed by atoms with Crippen molar-refractivity contribution in [1.82, 2.24) is 0 Å². The Morgan fingerprint density at radius 1 is 1.00 bits per heavy atom. The van der Waals surface area contributed by atoms with Gasteiger partial charge in [0.05, 0.1) is 5.38 Å². The van der Waals surface area contributed by atoms with Crippen molar-refractivity contribution in [3.05, 3.63) is 70.2 Å². The van der Waals surface area contributed by atoms with Crippen LogP contribution in [0.2, 0.25) is 5.02 Å². The molecule has 2 aromatic carbocycles. The lowest BCUT2D eigenvalue weighted by Gasteiger charge is -2.11. The Kier molecular flexibility index (Phi) is 4.09. The Bertz CT molecular complexity index is 489. The second-order valence-corrected chi connectivity index (χ2v) is 5.11. The van der Waals surface area contributed by atoms with E-state index >= 15 is 0 Å². The largest absolute Gasteiger partial charge is 0.117 e. The van der Waals surface area contributed by atoms with E-state index in [1.807, 2.05) is 24.3 Å². The fourth-order valence-electron chi connectivity index (χ4n) is 1.75. The molecule has 0 aliphatic rings. The zero-order valence-corrected chi connectivity index (χ0v) is 11.2. The molecule has 0 spiro atoms. The molecule has 0 bridgehead atoms. The Labute approximate surface area is 112 Å². The minimum Gasteiger partial charge on any atom is -0.117 e. The van der Waals surface area contributed by atoms with Gasteiger partial charge in [-0.15, -0.1) is 11.6 Å². The zero-order valence-electron chi connectivity index (χ0n) is 9.66. The second-order valence-electron chi connectivity index (χ2n) is 4.17. The fraction of sp³-hybridized carbons (Fsp3) is 0.200. The molecule has 0 aliphatic carbocycles. The summed E-state index contributed by atoms with van der Waals surface area (Å²) in [5, 5.41) is 0.751. The van der Waals surface area contributed by atoms with Gasteiger partial charge in [0.1, 0.15) is 0 Å². The van der Waals surface area contributed by atoms with Gasteiger partial charge in [0, 0.05) is 5.02 Å². The summed E-state index contributed by atoms with van der Waals surface area (Å²) in [6, 6.07) is 16.1. The van der Waals surface area contributed by atoms with Crippen LogP contribution in [0.1, 0.15) is 22.1 Å². The summed E-state index contributed by atoms with van der Waals surface area (Å²) in [6.45, 7) is 2.07. The molecule has 0 N–H and O–H groups in total. The lowest BCUT2D eigenvalue weighted by Crippen LogP contribution is -1.96. The van der Waals surface area contributed by atoms with E-state index in [1.54, 1.807) is 0 Å². The minimum absolute atomic E-state index is 0.0319. The molecule has 2 aromatic rings. The van der Waals surface area contributed by atoms with Gasteiger partial charge in [-0.25, -0.2) is 0 Å². The van der Waals surface area contributed by atoms with Gasteiger partial charge in [0.15, 0.2) is 0 Å². The predicted octanol–water partition coefficient (Wildman–Crippen LogP) is 5.17. The van der Waals surface area contributed by atoms with Gasteiger partial charge >= 0.3 is 0 Å². The summed E-state index contributed by atoms with van der Waals surface area (Å²) in [5.41, 5.74) is 3.47. The summed E-state index contributed by atoms with van der Waals surface area (Å²) < 4.78 is 0. The van der Waals surface area contributed by atoms with Gasteiger partial charge in [0.25, 0.3) is 0 Å². The topological polar surface area (TPSA) is 0 Å². The molecule has 0 heterocycles. The number of halogens is 2. The van der Waals surface area contributed by atoms with Crippen molar-refractivity contribution in [1.29, 1.82) is 0 Å². The monoisotopic (exact) mass is 264 g/mol. The first-order valence-electron chi connectivity index (χ1n) is 5.61. The third-order valence-corrected chi connectivity index (χ3v) is 3.57. The molecule has 0 nitrogen and oxygen atoms in total. The van der Waals surface area contributed by atoms with E-state index in [-0.39, 0.29) is 5.38 Å². The van der Waals surface area contributed by atoms with Gasteiger partial charge in [-0.1, -0.05) is 59.6 Å². The molecule has 0 fully saturated rings. The molecule has 2 rings (SSSR count). The smallest absolute Gasteiger partial charge is 0.0626 e. The number of alkyl halides is 1. The van der Waals surface area contributed by atoms with Crippen molar-refractivity contribution in [2.45, 2.75) is 18.7 Å². The van der Waals surface area contributed by atoms with Crippen LogP contribution in [-0.2, 0) is 6.42 Å². The summed E-state index contributed by atoms with van der Waals surface area (Å²) in [5.74, 6) is 0. The van der Waals surface area contributed by atoms with E-state index in [0.717, 1.165) is 22.6 Å². The Morgan fingerprint density at radius 3 is 2.29 bits per heavy atom. The minimum atomic E-state index is -0.0319. The molecule has 1 atom stereocenters. The summed E-state index contributed by atoms with van der Waals surface area (Å²) in [7, 11) is 0. The van der Waals surface area contributed by atoms with Crippen LogP contribution in [0.4, 0.5) is 0 Å². The van der Waals surface area contributed by atoms with E-state index < -0.39 is 0 Å². The van der Waals surface area contributed by atoms with E-state index in [4.69, 9.17) is 23.2 Å². The van der Waals surface area contributed by atoms with Crippen molar-refractivity contribution in [3.63, 3.8) is 0 Å². The average molecular weight is 265 g/mol. The lowest BCUT2D eigenvalue weighted by molar-refractivity contribution is 0.919. The highest BCUT2D eigenvalue weighted by Gasteiger charge is 2.10. The predicted molar refractivity (Wildman–Crippen MR) is 74.9 cm³/mol. The van der Waals surface area contributed by atoms with E-state index in [2.05, 4.69) is 31.2 Å². The van der Waals surface area contributed by atoms with E-state index in [9.17, 15) is 0 Å². The van der Waals surface area contributed by atoms with Crippen LogP contribution < -0.4 is 0 Å². The standard InChI is InChI=1S/C15H14Cl2/c1-11-6-8-12(9-7-11)15(17)10-13-4-2-3-5-14(13)16/h2-9,15H,10H2,1H3. The SMILES string of the molecule is Cc1ccc(C(Cl)Cc2ccccc2Cl)cc1. The first-order valence-corrected chi connectivity index (χ1v) is 6.42. The number of hydrogen-bond donors (Lipinski definition) is 0. The van der Waals surface area contributed by atoms with Crippen molar-refractivity contribution in [2.75, 3.05) is 0 Å². The summed E-state index contributed by atoms with van der Waals surface area (Å²) in [6.07, 6.45) is 0.754. The molecule has 2 heteroatoms.